The minimum atomic E-state index is -1.01. The molecule has 1 aromatic heterocycles. The van der Waals surface area contributed by atoms with Gasteiger partial charge >= 0.3 is 0 Å². The maximum absolute atomic E-state index is 12.5. The smallest absolute Gasteiger partial charge is 0.251 e. The molecule has 0 saturated heterocycles. The number of aliphatic hydroxyl groups is 1. The van der Waals surface area contributed by atoms with E-state index >= 15 is 0 Å². The molecular formula is C19H18N4O2. The molecule has 6 heteroatoms. The monoisotopic (exact) mass is 334 g/mol. The van der Waals surface area contributed by atoms with E-state index in [1.165, 1.54) is 6.33 Å². The average molecular weight is 334 g/mol. The van der Waals surface area contributed by atoms with Gasteiger partial charge in [0.2, 0.25) is 0 Å². The van der Waals surface area contributed by atoms with Gasteiger partial charge in [-0.05, 0) is 36.1 Å². The van der Waals surface area contributed by atoms with Gasteiger partial charge in [0.05, 0.1) is 6.54 Å². The largest absolute Gasteiger partial charge is 0.383 e. The Labute approximate surface area is 144 Å². The Bertz CT molecular complexity index is 907. The third-order valence-electron chi connectivity index (χ3n) is 4.68. The van der Waals surface area contributed by atoms with Gasteiger partial charge in [-0.2, -0.15) is 5.10 Å². The molecule has 0 fully saturated rings. The van der Waals surface area contributed by atoms with Crippen molar-refractivity contribution in [2.45, 2.75) is 18.4 Å². The Morgan fingerprint density at radius 1 is 1.24 bits per heavy atom. The SMILES string of the molecule is O=C(NCC1(O)CCc2ccccc21)c1cccc(-c2ncn[nH]2)c1. The number of nitrogens with one attached hydrogen (secondary N) is 2. The van der Waals surface area contributed by atoms with E-state index in [-0.39, 0.29) is 12.5 Å². The van der Waals surface area contributed by atoms with Crippen molar-refractivity contribution in [2.75, 3.05) is 6.54 Å². The fourth-order valence-electron chi connectivity index (χ4n) is 3.33. The zero-order chi connectivity index (χ0) is 17.3. The maximum atomic E-state index is 12.5. The van der Waals surface area contributed by atoms with Gasteiger partial charge in [-0.3, -0.25) is 9.89 Å². The first kappa shape index (κ1) is 15.5. The Hall–Kier alpha value is -2.99. The first-order valence-electron chi connectivity index (χ1n) is 8.20. The van der Waals surface area contributed by atoms with Crippen LogP contribution in [-0.4, -0.2) is 32.7 Å². The van der Waals surface area contributed by atoms with E-state index in [4.69, 9.17) is 0 Å². The van der Waals surface area contributed by atoms with Crippen molar-refractivity contribution in [3.8, 4) is 11.4 Å². The molecule has 3 N–H and O–H groups in total. The topological polar surface area (TPSA) is 90.9 Å². The van der Waals surface area contributed by atoms with E-state index in [1.54, 1.807) is 18.2 Å². The summed E-state index contributed by atoms with van der Waals surface area (Å²) in [5.41, 5.74) is 2.35. The zero-order valence-corrected chi connectivity index (χ0v) is 13.6. The summed E-state index contributed by atoms with van der Waals surface area (Å²) in [5.74, 6) is 0.386. The Morgan fingerprint density at radius 2 is 2.12 bits per heavy atom. The van der Waals surface area contributed by atoms with Crippen LogP contribution in [0.25, 0.3) is 11.4 Å². The average Bonchev–Trinajstić information content (AvgIpc) is 3.30. The molecule has 3 aromatic rings. The number of aryl methyl sites for hydroxylation is 1. The van der Waals surface area contributed by atoms with Gasteiger partial charge in [0.15, 0.2) is 5.82 Å². The molecule has 2 aromatic carbocycles. The molecular weight excluding hydrogens is 316 g/mol. The molecule has 1 amide bonds. The fourth-order valence-corrected chi connectivity index (χ4v) is 3.33. The lowest BCUT2D eigenvalue weighted by atomic mass is 9.96. The number of hydrogen-bond acceptors (Lipinski definition) is 4. The van der Waals surface area contributed by atoms with Crippen LogP contribution in [0.2, 0.25) is 0 Å². The first-order valence-corrected chi connectivity index (χ1v) is 8.20. The number of hydrogen-bond donors (Lipinski definition) is 3. The molecule has 4 rings (SSSR count). The number of amides is 1. The zero-order valence-electron chi connectivity index (χ0n) is 13.6. The second-order valence-corrected chi connectivity index (χ2v) is 6.29. The predicted octanol–water partition coefficient (Wildman–Crippen LogP) is 2.04. The van der Waals surface area contributed by atoms with E-state index in [1.807, 2.05) is 30.3 Å². The van der Waals surface area contributed by atoms with Crippen LogP contribution in [-0.2, 0) is 12.0 Å². The molecule has 1 heterocycles. The van der Waals surface area contributed by atoms with Crippen LogP contribution in [0.5, 0.6) is 0 Å². The first-order chi connectivity index (χ1) is 12.2. The van der Waals surface area contributed by atoms with Gasteiger partial charge < -0.3 is 10.4 Å². The van der Waals surface area contributed by atoms with E-state index in [0.717, 1.165) is 23.1 Å². The van der Waals surface area contributed by atoms with Crippen molar-refractivity contribution in [2.24, 2.45) is 0 Å². The molecule has 126 valence electrons. The molecule has 0 bridgehead atoms. The highest BCUT2D eigenvalue weighted by Gasteiger charge is 2.36. The molecule has 0 aliphatic heterocycles. The Kier molecular flexibility index (Phi) is 3.82. The second kappa shape index (κ2) is 6.14. The lowest BCUT2D eigenvalue weighted by Gasteiger charge is -2.24. The summed E-state index contributed by atoms with van der Waals surface area (Å²) < 4.78 is 0. The van der Waals surface area contributed by atoms with Crippen LogP contribution in [0.4, 0.5) is 0 Å². The van der Waals surface area contributed by atoms with Crippen molar-refractivity contribution in [3.05, 3.63) is 71.5 Å². The number of nitrogens with zero attached hydrogens (tertiary/aromatic N) is 2. The second-order valence-electron chi connectivity index (χ2n) is 6.29. The highest BCUT2D eigenvalue weighted by molar-refractivity contribution is 5.95. The van der Waals surface area contributed by atoms with Crippen LogP contribution in [0, 0.1) is 0 Å². The summed E-state index contributed by atoms with van der Waals surface area (Å²) in [7, 11) is 0. The van der Waals surface area contributed by atoms with Crippen molar-refractivity contribution < 1.29 is 9.90 Å². The highest BCUT2D eigenvalue weighted by Crippen LogP contribution is 2.36. The Balaban J connectivity index is 1.49. The molecule has 6 nitrogen and oxygen atoms in total. The van der Waals surface area contributed by atoms with Crippen LogP contribution < -0.4 is 5.32 Å². The van der Waals surface area contributed by atoms with E-state index < -0.39 is 5.60 Å². The van der Waals surface area contributed by atoms with Gasteiger partial charge in [0.25, 0.3) is 5.91 Å². The van der Waals surface area contributed by atoms with E-state index in [9.17, 15) is 9.90 Å². The minimum Gasteiger partial charge on any atom is -0.383 e. The van der Waals surface area contributed by atoms with Crippen molar-refractivity contribution in [3.63, 3.8) is 0 Å². The summed E-state index contributed by atoms with van der Waals surface area (Å²) in [6, 6.07) is 15.0. The molecule has 1 unspecified atom stereocenters. The highest BCUT2D eigenvalue weighted by atomic mass is 16.3. The molecule has 0 spiro atoms. The van der Waals surface area contributed by atoms with Crippen LogP contribution in [0.15, 0.2) is 54.9 Å². The third kappa shape index (κ3) is 2.92. The lowest BCUT2D eigenvalue weighted by Crippen LogP contribution is -2.39. The van der Waals surface area contributed by atoms with Gasteiger partial charge in [0, 0.05) is 11.1 Å². The van der Waals surface area contributed by atoms with Gasteiger partial charge in [-0.25, -0.2) is 4.98 Å². The quantitative estimate of drug-likeness (QED) is 0.681. The van der Waals surface area contributed by atoms with Crippen LogP contribution >= 0.6 is 0 Å². The van der Waals surface area contributed by atoms with E-state index in [2.05, 4.69) is 20.5 Å². The maximum Gasteiger partial charge on any atom is 0.251 e. The van der Waals surface area contributed by atoms with Crippen LogP contribution in [0.1, 0.15) is 27.9 Å². The summed E-state index contributed by atoms with van der Waals surface area (Å²) in [4.78, 5) is 16.6. The normalized spacial score (nSPS) is 18.8. The third-order valence-corrected chi connectivity index (χ3v) is 4.68. The van der Waals surface area contributed by atoms with Crippen molar-refractivity contribution >= 4 is 5.91 Å². The van der Waals surface area contributed by atoms with Gasteiger partial charge in [-0.1, -0.05) is 36.4 Å². The summed E-state index contributed by atoms with van der Waals surface area (Å²) in [6.07, 6.45) is 2.86. The number of carbonyl (C=O) groups is 1. The number of fused-ring (bicyclic) bond motifs is 1. The van der Waals surface area contributed by atoms with Crippen molar-refractivity contribution in [1.82, 2.24) is 20.5 Å². The number of carbonyl (C=O) groups excluding carboxylic acids is 1. The summed E-state index contributed by atoms with van der Waals surface area (Å²) in [6.45, 7) is 0.190. The molecule has 1 aliphatic carbocycles. The molecule has 1 aliphatic rings. The summed E-state index contributed by atoms with van der Waals surface area (Å²) >= 11 is 0. The van der Waals surface area contributed by atoms with Crippen molar-refractivity contribution in [1.29, 1.82) is 0 Å². The van der Waals surface area contributed by atoms with E-state index in [0.29, 0.717) is 17.8 Å². The minimum absolute atomic E-state index is 0.190. The molecule has 0 saturated carbocycles. The number of aromatic amines is 1. The fraction of sp³-hybridized carbons (Fsp3) is 0.211. The predicted molar refractivity (Wildman–Crippen MR) is 92.8 cm³/mol. The molecule has 1 atom stereocenters. The molecule has 0 radical (unpaired) electrons. The standard InChI is InChI=1S/C19H18N4O2/c24-18(15-6-3-5-14(10-15)17-21-12-22-23-17)20-11-19(25)9-8-13-4-1-2-7-16(13)19/h1-7,10,12,25H,8-9,11H2,(H,20,24)(H,21,22,23). The number of rotatable bonds is 4. The lowest BCUT2D eigenvalue weighted by molar-refractivity contribution is 0.0369. The van der Waals surface area contributed by atoms with Crippen LogP contribution in [0.3, 0.4) is 0 Å². The summed E-state index contributed by atoms with van der Waals surface area (Å²) in [5, 5.41) is 20.4. The van der Waals surface area contributed by atoms with Gasteiger partial charge in [-0.15, -0.1) is 0 Å². The number of aromatic nitrogens is 3. The molecule has 25 heavy (non-hydrogen) atoms. The number of H-pyrrole nitrogens is 1. The number of benzene rings is 2. The Morgan fingerprint density at radius 3 is 2.96 bits per heavy atom. The van der Waals surface area contributed by atoms with Gasteiger partial charge in [0.1, 0.15) is 11.9 Å².